The number of hydrogen-bond acceptors (Lipinski definition) is 2. The van der Waals surface area contributed by atoms with Crippen molar-refractivity contribution in [3.8, 4) is 0 Å². The summed E-state index contributed by atoms with van der Waals surface area (Å²) in [5, 5.41) is 9.44. The van der Waals surface area contributed by atoms with Crippen molar-refractivity contribution < 1.29 is 5.11 Å². The summed E-state index contributed by atoms with van der Waals surface area (Å²) in [6.07, 6.45) is 7.55. The molecule has 1 heterocycles. The van der Waals surface area contributed by atoms with Gasteiger partial charge in [0.15, 0.2) is 0 Å². The zero-order chi connectivity index (χ0) is 9.97. The maximum atomic E-state index is 9.44. The van der Waals surface area contributed by atoms with E-state index in [2.05, 4.69) is 11.8 Å². The highest BCUT2D eigenvalue weighted by Crippen LogP contribution is 2.28. The fourth-order valence-corrected chi connectivity index (χ4v) is 2.86. The zero-order valence-corrected chi connectivity index (χ0v) is 9.28. The molecule has 0 unspecified atom stereocenters. The third-order valence-corrected chi connectivity index (χ3v) is 4.00. The predicted molar refractivity (Wildman–Crippen MR) is 58.2 cm³/mol. The molecule has 1 aliphatic heterocycles. The van der Waals surface area contributed by atoms with Crippen LogP contribution in [-0.2, 0) is 0 Å². The molecule has 0 aromatic rings. The number of piperidine rings is 1. The topological polar surface area (TPSA) is 23.5 Å². The Morgan fingerprint density at radius 2 is 1.50 bits per heavy atom. The molecule has 2 heteroatoms. The second-order valence-corrected chi connectivity index (χ2v) is 5.18. The summed E-state index contributed by atoms with van der Waals surface area (Å²) in [4.78, 5) is 2.61. The molecule has 0 radical (unpaired) electrons. The first-order valence-corrected chi connectivity index (χ1v) is 6.18. The van der Waals surface area contributed by atoms with E-state index in [0.29, 0.717) is 0 Å². The van der Waals surface area contributed by atoms with Crippen LogP contribution in [0.15, 0.2) is 0 Å². The van der Waals surface area contributed by atoms with Crippen molar-refractivity contribution in [2.24, 2.45) is 5.92 Å². The maximum absolute atomic E-state index is 9.44. The first-order valence-electron chi connectivity index (χ1n) is 6.18. The van der Waals surface area contributed by atoms with Gasteiger partial charge in [-0.3, -0.25) is 0 Å². The molecule has 0 bridgehead atoms. The van der Waals surface area contributed by atoms with Crippen molar-refractivity contribution in [1.29, 1.82) is 0 Å². The fourth-order valence-electron chi connectivity index (χ4n) is 2.86. The van der Waals surface area contributed by atoms with Crippen LogP contribution in [0.3, 0.4) is 0 Å². The Balaban J connectivity index is 1.78. The maximum Gasteiger partial charge on any atom is 0.0564 e. The molecule has 0 spiro atoms. The zero-order valence-electron chi connectivity index (χ0n) is 9.28. The van der Waals surface area contributed by atoms with Crippen molar-refractivity contribution in [3.63, 3.8) is 0 Å². The van der Waals surface area contributed by atoms with Crippen molar-refractivity contribution in [2.75, 3.05) is 13.1 Å². The molecule has 2 nitrogen and oxygen atoms in total. The molecule has 0 aromatic carbocycles. The van der Waals surface area contributed by atoms with Gasteiger partial charge in [0.05, 0.1) is 6.10 Å². The van der Waals surface area contributed by atoms with Crippen LogP contribution in [0, 0.1) is 5.92 Å². The molecule has 82 valence electrons. The Morgan fingerprint density at radius 3 is 2.07 bits per heavy atom. The number of nitrogens with zero attached hydrogens (tertiary/aromatic N) is 1. The Labute approximate surface area is 87.3 Å². The minimum atomic E-state index is -0.0197. The van der Waals surface area contributed by atoms with Crippen molar-refractivity contribution in [1.82, 2.24) is 4.90 Å². The highest BCUT2D eigenvalue weighted by Gasteiger charge is 2.26. The lowest BCUT2D eigenvalue weighted by Gasteiger charge is -2.39. The molecule has 1 saturated heterocycles. The van der Waals surface area contributed by atoms with Crippen molar-refractivity contribution >= 4 is 0 Å². The van der Waals surface area contributed by atoms with E-state index in [4.69, 9.17) is 0 Å². The third kappa shape index (κ3) is 2.48. The lowest BCUT2D eigenvalue weighted by atomic mass is 9.86. The third-order valence-electron chi connectivity index (χ3n) is 4.00. The average molecular weight is 197 g/mol. The van der Waals surface area contributed by atoms with Gasteiger partial charge in [-0.1, -0.05) is 6.92 Å². The van der Waals surface area contributed by atoms with E-state index in [1.165, 1.54) is 25.7 Å². The van der Waals surface area contributed by atoms with E-state index in [-0.39, 0.29) is 6.10 Å². The van der Waals surface area contributed by atoms with Gasteiger partial charge >= 0.3 is 0 Å². The molecule has 2 fully saturated rings. The molecule has 0 aromatic heterocycles. The molecule has 2 rings (SSSR count). The lowest BCUT2D eigenvalue weighted by Crippen LogP contribution is -2.44. The molecule has 14 heavy (non-hydrogen) atoms. The largest absolute Gasteiger partial charge is 0.393 e. The summed E-state index contributed by atoms with van der Waals surface area (Å²) in [6.45, 7) is 4.62. The van der Waals surface area contributed by atoms with Gasteiger partial charge in [0.2, 0.25) is 0 Å². The second kappa shape index (κ2) is 4.63. The van der Waals surface area contributed by atoms with E-state index in [0.717, 1.165) is 37.9 Å². The van der Waals surface area contributed by atoms with Gasteiger partial charge < -0.3 is 10.0 Å². The first kappa shape index (κ1) is 10.4. The summed E-state index contributed by atoms with van der Waals surface area (Å²) >= 11 is 0. The molecule has 1 N–H and O–H groups in total. The van der Waals surface area contributed by atoms with E-state index >= 15 is 0 Å². The highest BCUT2D eigenvalue weighted by molar-refractivity contribution is 4.81. The molecule has 0 amide bonds. The quantitative estimate of drug-likeness (QED) is 0.695. The van der Waals surface area contributed by atoms with Gasteiger partial charge in [-0.15, -0.1) is 0 Å². The summed E-state index contributed by atoms with van der Waals surface area (Å²) in [7, 11) is 0. The fraction of sp³-hybridized carbons (Fsp3) is 1.00. The number of aliphatic hydroxyl groups is 1. The monoisotopic (exact) mass is 197 g/mol. The Kier molecular flexibility index (Phi) is 3.45. The molecular weight excluding hydrogens is 174 g/mol. The minimum absolute atomic E-state index is 0.0197. The molecule has 1 saturated carbocycles. The van der Waals surface area contributed by atoms with Gasteiger partial charge in [-0.05, 0) is 44.4 Å². The molecule has 1 aliphatic carbocycles. The predicted octanol–water partition coefficient (Wildman–Crippen LogP) is 2.02. The van der Waals surface area contributed by atoms with Gasteiger partial charge in [-0.2, -0.15) is 0 Å². The Morgan fingerprint density at radius 1 is 0.929 bits per heavy atom. The van der Waals surface area contributed by atoms with Crippen LogP contribution in [0.5, 0.6) is 0 Å². The number of hydrogen-bond donors (Lipinski definition) is 1. The van der Waals surface area contributed by atoms with E-state index in [1.807, 2.05) is 0 Å². The van der Waals surface area contributed by atoms with E-state index in [9.17, 15) is 5.11 Å². The van der Waals surface area contributed by atoms with Gasteiger partial charge in [0, 0.05) is 19.1 Å². The van der Waals surface area contributed by atoms with Crippen LogP contribution in [0.1, 0.15) is 45.4 Å². The summed E-state index contributed by atoms with van der Waals surface area (Å²) in [5.41, 5.74) is 0. The van der Waals surface area contributed by atoms with Gasteiger partial charge in [-0.25, -0.2) is 0 Å². The van der Waals surface area contributed by atoms with Gasteiger partial charge in [0.1, 0.15) is 0 Å². The summed E-state index contributed by atoms with van der Waals surface area (Å²) < 4.78 is 0. The van der Waals surface area contributed by atoms with Crippen molar-refractivity contribution in [3.05, 3.63) is 0 Å². The lowest BCUT2D eigenvalue weighted by molar-refractivity contribution is 0.0463. The number of aliphatic hydroxyl groups excluding tert-OH is 1. The SMILES string of the molecule is CC1CCC(N2CCC(O)CC2)CC1. The normalized spacial score (nSPS) is 37.3. The smallest absolute Gasteiger partial charge is 0.0564 e. The van der Waals surface area contributed by atoms with Crippen LogP contribution in [0.4, 0.5) is 0 Å². The minimum Gasteiger partial charge on any atom is -0.393 e. The van der Waals surface area contributed by atoms with Crippen LogP contribution >= 0.6 is 0 Å². The second-order valence-electron chi connectivity index (χ2n) is 5.18. The summed E-state index contributed by atoms with van der Waals surface area (Å²) in [6, 6.07) is 0.832. The van der Waals surface area contributed by atoms with E-state index in [1.54, 1.807) is 0 Å². The van der Waals surface area contributed by atoms with Crippen LogP contribution in [-0.4, -0.2) is 35.2 Å². The Hall–Kier alpha value is -0.0800. The van der Waals surface area contributed by atoms with Crippen LogP contribution in [0.25, 0.3) is 0 Å². The number of rotatable bonds is 1. The first-order chi connectivity index (χ1) is 6.75. The van der Waals surface area contributed by atoms with Gasteiger partial charge in [0.25, 0.3) is 0 Å². The highest BCUT2D eigenvalue weighted by atomic mass is 16.3. The molecule has 2 aliphatic rings. The van der Waals surface area contributed by atoms with Crippen molar-refractivity contribution in [2.45, 2.75) is 57.6 Å². The van der Waals surface area contributed by atoms with E-state index < -0.39 is 0 Å². The Bertz CT molecular complexity index is 147. The number of likely N-dealkylation sites (tertiary alicyclic amines) is 1. The molecule has 0 atom stereocenters. The van der Waals surface area contributed by atoms with Crippen LogP contribution in [0.2, 0.25) is 0 Å². The average Bonchev–Trinajstić information content (AvgIpc) is 2.21. The van der Waals surface area contributed by atoms with Crippen LogP contribution < -0.4 is 0 Å². The summed E-state index contributed by atoms with van der Waals surface area (Å²) in [5.74, 6) is 0.946. The molecular formula is C12H23NO. The standard InChI is InChI=1S/C12H23NO/c1-10-2-4-11(5-3-10)13-8-6-12(14)7-9-13/h10-12,14H,2-9H2,1H3.